The second kappa shape index (κ2) is 9.82. The van der Waals surface area contributed by atoms with E-state index in [9.17, 15) is 9.59 Å². The van der Waals surface area contributed by atoms with Crippen LogP contribution in [0, 0.1) is 13.8 Å². The Balaban J connectivity index is 1.68. The van der Waals surface area contributed by atoms with Crippen molar-refractivity contribution in [3.05, 3.63) is 29.3 Å². The zero-order chi connectivity index (χ0) is 18.2. The molecule has 25 heavy (non-hydrogen) atoms. The van der Waals surface area contributed by atoms with E-state index in [0.29, 0.717) is 32.6 Å². The lowest BCUT2D eigenvalue weighted by Crippen LogP contribution is -2.51. The van der Waals surface area contributed by atoms with Crippen LogP contribution in [0.2, 0.25) is 0 Å². The first-order valence-corrected chi connectivity index (χ1v) is 9.95. The molecule has 2 amide bonds. The van der Waals surface area contributed by atoms with Gasteiger partial charge in [-0.05, 0) is 44.0 Å². The summed E-state index contributed by atoms with van der Waals surface area (Å²) in [6, 6.07) is 6.44. The van der Waals surface area contributed by atoms with Gasteiger partial charge in [0.15, 0.2) is 0 Å². The summed E-state index contributed by atoms with van der Waals surface area (Å²) in [6.07, 6.45) is 0.563. The van der Waals surface area contributed by atoms with Gasteiger partial charge in [-0.2, -0.15) is 0 Å². The number of carbonyl (C=O) groups is 2. The Kier molecular flexibility index (Phi) is 7.78. The van der Waals surface area contributed by atoms with Crippen LogP contribution < -0.4 is 5.32 Å². The van der Waals surface area contributed by atoms with Crippen LogP contribution in [-0.4, -0.2) is 66.6 Å². The highest BCUT2D eigenvalue weighted by atomic mass is 32.2. The van der Waals surface area contributed by atoms with Crippen LogP contribution in [0.4, 0.5) is 0 Å². The van der Waals surface area contributed by atoms with E-state index in [2.05, 4.69) is 42.3 Å². The van der Waals surface area contributed by atoms with Gasteiger partial charge in [0.05, 0.1) is 6.54 Å². The van der Waals surface area contributed by atoms with Crippen LogP contribution >= 0.6 is 11.8 Å². The highest BCUT2D eigenvalue weighted by molar-refractivity contribution is 7.99. The van der Waals surface area contributed by atoms with Crippen LogP contribution in [0.25, 0.3) is 0 Å². The Morgan fingerprint density at radius 1 is 1.12 bits per heavy atom. The number of piperazine rings is 1. The largest absolute Gasteiger partial charge is 0.355 e. The van der Waals surface area contributed by atoms with Crippen LogP contribution in [0.1, 0.15) is 24.5 Å². The lowest BCUT2D eigenvalue weighted by molar-refractivity contribution is -0.132. The van der Waals surface area contributed by atoms with Crippen molar-refractivity contribution < 1.29 is 9.59 Å². The molecule has 0 unspecified atom stereocenters. The number of carbonyl (C=O) groups excluding carboxylic acids is 2. The Labute approximate surface area is 155 Å². The molecule has 0 saturated carbocycles. The van der Waals surface area contributed by atoms with Crippen LogP contribution in [-0.2, 0) is 9.59 Å². The molecule has 0 radical (unpaired) electrons. The molecule has 6 heteroatoms. The van der Waals surface area contributed by atoms with Crippen molar-refractivity contribution in [2.45, 2.75) is 32.1 Å². The van der Waals surface area contributed by atoms with Gasteiger partial charge in [0.1, 0.15) is 0 Å². The fourth-order valence-corrected chi connectivity index (χ4v) is 3.77. The van der Waals surface area contributed by atoms with E-state index in [0.717, 1.165) is 18.8 Å². The predicted octanol–water partition coefficient (Wildman–Crippen LogP) is 2.07. The standard InChI is InChI=1S/C19H29N3O2S/c1-4-20-18(23)14-21-8-10-22(11-9-21)19(24)7-12-25-17-6-5-15(2)16(3)13-17/h5-6,13H,4,7-12,14H2,1-3H3,(H,20,23). The molecular weight excluding hydrogens is 334 g/mol. The number of thioether (sulfide) groups is 1. The van der Waals surface area contributed by atoms with E-state index in [-0.39, 0.29) is 11.8 Å². The summed E-state index contributed by atoms with van der Waals surface area (Å²) < 4.78 is 0. The van der Waals surface area contributed by atoms with Gasteiger partial charge < -0.3 is 10.2 Å². The molecule has 0 aromatic heterocycles. The number of amides is 2. The van der Waals surface area contributed by atoms with Gasteiger partial charge in [0.2, 0.25) is 11.8 Å². The summed E-state index contributed by atoms with van der Waals surface area (Å²) in [5.74, 6) is 1.08. The van der Waals surface area contributed by atoms with Crippen molar-refractivity contribution in [3.8, 4) is 0 Å². The van der Waals surface area contributed by atoms with Gasteiger partial charge in [-0.15, -0.1) is 11.8 Å². The summed E-state index contributed by atoms with van der Waals surface area (Å²) in [5, 5.41) is 2.81. The fraction of sp³-hybridized carbons (Fsp3) is 0.579. The minimum absolute atomic E-state index is 0.0621. The van der Waals surface area contributed by atoms with Crippen molar-refractivity contribution >= 4 is 23.6 Å². The zero-order valence-electron chi connectivity index (χ0n) is 15.5. The molecule has 1 aromatic rings. The summed E-state index contributed by atoms with van der Waals surface area (Å²) in [7, 11) is 0. The van der Waals surface area contributed by atoms with Gasteiger partial charge in [-0.1, -0.05) is 6.07 Å². The van der Waals surface area contributed by atoms with E-state index in [4.69, 9.17) is 0 Å². The van der Waals surface area contributed by atoms with E-state index >= 15 is 0 Å². The van der Waals surface area contributed by atoms with Gasteiger partial charge in [0.25, 0.3) is 0 Å². The van der Waals surface area contributed by atoms with Crippen molar-refractivity contribution in [2.24, 2.45) is 0 Å². The molecule has 2 rings (SSSR count). The first-order valence-electron chi connectivity index (χ1n) is 8.96. The number of hydrogen-bond acceptors (Lipinski definition) is 4. The van der Waals surface area contributed by atoms with E-state index in [1.807, 2.05) is 11.8 Å². The minimum Gasteiger partial charge on any atom is -0.355 e. The lowest BCUT2D eigenvalue weighted by Gasteiger charge is -2.34. The molecule has 0 aliphatic carbocycles. The minimum atomic E-state index is 0.0621. The molecule has 1 saturated heterocycles. The Hall–Kier alpha value is -1.53. The van der Waals surface area contributed by atoms with Crippen molar-refractivity contribution in [3.63, 3.8) is 0 Å². The van der Waals surface area contributed by atoms with Crippen LogP contribution in [0.15, 0.2) is 23.1 Å². The Morgan fingerprint density at radius 2 is 1.84 bits per heavy atom. The summed E-state index contributed by atoms with van der Waals surface area (Å²) >= 11 is 1.74. The average Bonchev–Trinajstić information content (AvgIpc) is 2.59. The number of hydrogen-bond donors (Lipinski definition) is 1. The van der Waals surface area contributed by atoms with Crippen LogP contribution in [0.5, 0.6) is 0 Å². The molecule has 1 aromatic carbocycles. The maximum atomic E-state index is 12.4. The van der Waals surface area contributed by atoms with Gasteiger partial charge >= 0.3 is 0 Å². The molecule has 5 nitrogen and oxygen atoms in total. The first kappa shape index (κ1) is 19.8. The molecule has 1 heterocycles. The molecule has 0 bridgehead atoms. The highest BCUT2D eigenvalue weighted by Crippen LogP contribution is 2.22. The Bertz CT molecular complexity index is 598. The maximum Gasteiger partial charge on any atom is 0.234 e. The SMILES string of the molecule is CCNC(=O)CN1CCN(C(=O)CCSc2ccc(C)c(C)c2)CC1. The third-order valence-electron chi connectivity index (χ3n) is 4.53. The number of rotatable bonds is 7. The number of benzene rings is 1. The summed E-state index contributed by atoms with van der Waals surface area (Å²) in [6.45, 7) is 10.2. The van der Waals surface area contributed by atoms with E-state index in [1.165, 1.54) is 16.0 Å². The molecule has 0 spiro atoms. The van der Waals surface area contributed by atoms with Gasteiger partial charge in [0, 0.05) is 49.8 Å². The second-order valence-electron chi connectivity index (χ2n) is 6.45. The van der Waals surface area contributed by atoms with Crippen molar-refractivity contribution in [1.82, 2.24) is 15.1 Å². The van der Waals surface area contributed by atoms with Crippen LogP contribution in [0.3, 0.4) is 0 Å². The molecule has 1 aliphatic rings. The zero-order valence-corrected chi connectivity index (χ0v) is 16.3. The van der Waals surface area contributed by atoms with E-state index in [1.54, 1.807) is 11.8 Å². The highest BCUT2D eigenvalue weighted by Gasteiger charge is 2.21. The third kappa shape index (κ3) is 6.36. The quantitative estimate of drug-likeness (QED) is 0.754. The van der Waals surface area contributed by atoms with Gasteiger partial charge in [-0.3, -0.25) is 14.5 Å². The number of nitrogens with zero attached hydrogens (tertiary/aromatic N) is 2. The lowest BCUT2D eigenvalue weighted by atomic mass is 10.1. The molecular formula is C19H29N3O2S. The van der Waals surface area contributed by atoms with Crippen molar-refractivity contribution in [2.75, 3.05) is 45.0 Å². The molecule has 138 valence electrons. The smallest absolute Gasteiger partial charge is 0.234 e. The number of likely N-dealkylation sites (N-methyl/N-ethyl adjacent to an activating group) is 1. The summed E-state index contributed by atoms with van der Waals surface area (Å²) in [4.78, 5) is 29.2. The Morgan fingerprint density at radius 3 is 2.48 bits per heavy atom. The summed E-state index contributed by atoms with van der Waals surface area (Å²) in [5.41, 5.74) is 2.59. The number of nitrogens with one attached hydrogen (secondary N) is 1. The maximum absolute atomic E-state index is 12.4. The third-order valence-corrected chi connectivity index (χ3v) is 5.52. The van der Waals surface area contributed by atoms with Crippen molar-refractivity contribution in [1.29, 1.82) is 0 Å². The number of aryl methyl sites for hydroxylation is 2. The molecule has 1 N–H and O–H groups in total. The predicted molar refractivity (Wildman–Crippen MR) is 103 cm³/mol. The molecule has 1 fully saturated rings. The second-order valence-corrected chi connectivity index (χ2v) is 7.62. The van der Waals surface area contributed by atoms with Gasteiger partial charge in [-0.25, -0.2) is 0 Å². The first-order chi connectivity index (χ1) is 12.0. The normalized spacial score (nSPS) is 15.2. The topological polar surface area (TPSA) is 52.7 Å². The molecule has 0 atom stereocenters. The fourth-order valence-electron chi connectivity index (χ4n) is 2.83. The molecule has 1 aliphatic heterocycles. The monoisotopic (exact) mass is 363 g/mol. The average molecular weight is 364 g/mol. The van der Waals surface area contributed by atoms with E-state index < -0.39 is 0 Å².